The molecule has 31 heavy (non-hydrogen) atoms. The Morgan fingerprint density at radius 2 is 1.61 bits per heavy atom. The summed E-state index contributed by atoms with van der Waals surface area (Å²) in [5, 5.41) is 11.0. The van der Waals surface area contributed by atoms with E-state index in [1.165, 1.54) is 19.2 Å². The summed E-state index contributed by atoms with van der Waals surface area (Å²) in [5.41, 5.74) is 2.03. The summed E-state index contributed by atoms with van der Waals surface area (Å²) >= 11 is 5.88. The monoisotopic (exact) mass is 452 g/mol. The van der Waals surface area contributed by atoms with E-state index in [-0.39, 0.29) is 10.7 Å². The van der Waals surface area contributed by atoms with Crippen molar-refractivity contribution in [3.05, 3.63) is 95.0 Å². The molecule has 0 saturated heterocycles. The molecule has 3 rings (SSSR count). The van der Waals surface area contributed by atoms with Crippen molar-refractivity contribution in [2.45, 2.75) is 17.9 Å². The van der Waals surface area contributed by atoms with E-state index in [9.17, 15) is 13.5 Å². The SMILES string of the molecule is Cc1ccc(S(=O)(=O)N(C)C(C#CC(O)c2ccc(Cl)cc2)=Nc2ccccc2)cc1. The molecule has 0 bridgehead atoms. The van der Waals surface area contributed by atoms with E-state index >= 15 is 0 Å². The van der Waals surface area contributed by atoms with Gasteiger partial charge in [0.25, 0.3) is 10.0 Å². The Morgan fingerprint density at radius 1 is 1.00 bits per heavy atom. The number of hydrogen-bond acceptors (Lipinski definition) is 4. The number of amidine groups is 1. The number of rotatable bonds is 4. The molecule has 1 atom stereocenters. The highest BCUT2D eigenvalue weighted by atomic mass is 35.5. The second-order valence-electron chi connectivity index (χ2n) is 6.78. The smallest absolute Gasteiger partial charge is 0.265 e. The van der Waals surface area contributed by atoms with Crippen molar-refractivity contribution >= 4 is 33.1 Å². The highest BCUT2D eigenvalue weighted by molar-refractivity contribution is 7.89. The third-order valence-electron chi connectivity index (χ3n) is 4.48. The Hall–Kier alpha value is -3.11. The number of benzene rings is 3. The van der Waals surface area contributed by atoms with Gasteiger partial charge in [0.2, 0.25) is 0 Å². The minimum Gasteiger partial charge on any atom is -0.376 e. The molecule has 1 N–H and O–H groups in total. The minimum absolute atomic E-state index is 0.0141. The van der Waals surface area contributed by atoms with Crippen LogP contribution in [0.5, 0.6) is 0 Å². The highest BCUT2D eigenvalue weighted by Gasteiger charge is 2.23. The Kier molecular flexibility index (Phi) is 7.13. The maximum absolute atomic E-state index is 13.1. The number of halogens is 1. The van der Waals surface area contributed by atoms with Gasteiger partial charge in [-0.25, -0.2) is 17.7 Å². The maximum atomic E-state index is 13.1. The summed E-state index contributed by atoms with van der Waals surface area (Å²) in [6.45, 7) is 1.88. The van der Waals surface area contributed by atoms with Gasteiger partial charge in [0.1, 0.15) is 6.10 Å². The molecule has 0 spiro atoms. The first-order chi connectivity index (χ1) is 14.8. The van der Waals surface area contributed by atoms with Crippen molar-refractivity contribution < 1.29 is 13.5 Å². The summed E-state index contributed by atoms with van der Waals surface area (Å²) in [7, 11) is -2.50. The largest absolute Gasteiger partial charge is 0.376 e. The van der Waals surface area contributed by atoms with E-state index in [0.29, 0.717) is 16.3 Å². The van der Waals surface area contributed by atoms with Crippen molar-refractivity contribution in [1.29, 1.82) is 0 Å². The van der Waals surface area contributed by atoms with Gasteiger partial charge >= 0.3 is 0 Å². The van der Waals surface area contributed by atoms with Crippen molar-refractivity contribution in [2.24, 2.45) is 4.99 Å². The summed E-state index contributed by atoms with van der Waals surface area (Å²) in [6.07, 6.45) is -1.13. The van der Waals surface area contributed by atoms with Crippen molar-refractivity contribution in [3.63, 3.8) is 0 Å². The van der Waals surface area contributed by atoms with E-state index < -0.39 is 16.1 Å². The first-order valence-electron chi connectivity index (χ1n) is 9.42. The fraction of sp³-hybridized carbons (Fsp3) is 0.125. The summed E-state index contributed by atoms with van der Waals surface area (Å²) in [4.78, 5) is 4.53. The van der Waals surface area contributed by atoms with Gasteiger partial charge < -0.3 is 5.11 Å². The van der Waals surface area contributed by atoms with Gasteiger partial charge in [-0.2, -0.15) is 0 Å². The van der Waals surface area contributed by atoms with Crippen LogP contribution in [0.1, 0.15) is 17.2 Å². The van der Waals surface area contributed by atoms with Crippen molar-refractivity contribution in [3.8, 4) is 11.8 Å². The van der Waals surface area contributed by atoms with E-state index in [0.717, 1.165) is 9.87 Å². The molecule has 0 heterocycles. The molecule has 0 radical (unpaired) electrons. The topological polar surface area (TPSA) is 70.0 Å². The normalized spacial score (nSPS) is 12.6. The van der Waals surface area contributed by atoms with Crippen LogP contribution in [-0.2, 0) is 10.0 Å². The van der Waals surface area contributed by atoms with Gasteiger partial charge in [-0.3, -0.25) is 0 Å². The lowest BCUT2D eigenvalue weighted by Crippen LogP contribution is -2.32. The maximum Gasteiger partial charge on any atom is 0.265 e. The quantitative estimate of drug-likeness (QED) is 0.353. The van der Waals surface area contributed by atoms with Crippen molar-refractivity contribution in [1.82, 2.24) is 4.31 Å². The number of aliphatic hydroxyl groups excluding tert-OH is 1. The van der Waals surface area contributed by atoms with Gasteiger partial charge in [-0.05, 0) is 54.8 Å². The lowest BCUT2D eigenvalue weighted by atomic mass is 10.1. The highest BCUT2D eigenvalue weighted by Crippen LogP contribution is 2.19. The summed E-state index contributed by atoms with van der Waals surface area (Å²) in [5.74, 6) is 5.40. The number of sulfonamides is 1. The molecule has 0 aromatic heterocycles. The van der Waals surface area contributed by atoms with Crippen LogP contribution in [0.2, 0.25) is 5.02 Å². The molecule has 5 nitrogen and oxygen atoms in total. The third kappa shape index (κ3) is 5.74. The average Bonchev–Trinajstić information content (AvgIpc) is 2.77. The molecule has 0 aliphatic carbocycles. The molecule has 3 aromatic rings. The van der Waals surface area contributed by atoms with E-state index in [2.05, 4.69) is 16.8 Å². The predicted molar refractivity (Wildman–Crippen MR) is 124 cm³/mol. The van der Waals surface area contributed by atoms with Gasteiger partial charge in [0.05, 0.1) is 10.6 Å². The lowest BCUT2D eigenvalue weighted by molar-refractivity contribution is 0.238. The molecule has 0 aliphatic heterocycles. The summed E-state index contributed by atoms with van der Waals surface area (Å²) < 4.78 is 27.3. The fourth-order valence-electron chi connectivity index (χ4n) is 2.65. The van der Waals surface area contributed by atoms with Crippen LogP contribution < -0.4 is 0 Å². The van der Waals surface area contributed by atoms with Crippen LogP contribution in [-0.4, -0.2) is 30.7 Å². The Labute approximate surface area is 187 Å². The number of para-hydroxylation sites is 1. The first kappa shape index (κ1) is 22.6. The first-order valence-corrected chi connectivity index (χ1v) is 11.2. The molecular weight excluding hydrogens is 432 g/mol. The number of aryl methyl sites for hydroxylation is 1. The zero-order chi connectivity index (χ0) is 22.4. The van der Waals surface area contributed by atoms with Crippen LogP contribution in [0.25, 0.3) is 0 Å². The average molecular weight is 453 g/mol. The zero-order valence-corrected chi connectivity index (χ0v) is 18.6. The molecule has 0 aliphatic rings. The Balaban J connectivity index is 2.00. The van der Waals surface area contributed by atoms with Crippen LogP contribution in [0.4, 0.5) is 5.69 Å². The molecule has 3 aromatic carbocycles. The van der Waals surface area contributed by atoms with Gasteiger partial charge in [-0.15, -0.1) is 0 Å². The van der Waals surface area contributed by atoms with Crippen LogP contribution in [0, 0.1) is 18.8 Å². The lowest BCUT2D eigenvalue weighted by Gasteiger charge is -2.18. The molecule has 0 fully saturated rings. The Morgan fingerprint density at radius 3 is 2.23 bits per heavy atom. The number of hydrogen-bond donors (Lipinski definition) is 1. The molecule has 158 valence electrons. The van der Waals surface area contributed by atoms with Crippen LogP contribution in [0.3, 0.4) is 0 Å². The summed E-state index contributed by atoms with van der Waals surface area (Å²) in [6, 6.07) is 22.0. The standard InChI is InChI=1S/C24H21ClN2O3S/c1-18-8-14-22(15-9-18)31(29,30)27(2)24(26-21-6-4-3-5-7-21)17-16-23(28)19-10-12-20(25)13-11-19/h3-15,23,28H,1-2H3. The van der Waals surface area contributed by atoms with Gasteiger partial charge in [-0.1, -0.05) is 65.5 Å². The molecular formula is C24H21ClN2O3S. The number of nitrogens with zero attached hydrogens (tertiary/aromatic N) is 2. The van der Waals surface area contributed by atoms with Crippen LogP contribution >= 0.6 is 11.6 Å². The van der Waals surface area contributed by atoms with E-state index in [4.69, 9.17) is 11.6 Å². The zero-order valence-electron chi connectivity index (χ0n) is 17.0. The number of aliphatic hydroxyl groups is 1. The molecule has 0 saturated carbocycles. The molecule has 7 heteroatoms. The fourth-order valence-corrected chi connectivity index (χ4v) is 3.88. The molecule has 0 amide bonds. The predicted octanol–water partition coefficient (Wildman–Crippen LogP) is 4.74. The molecule has 1 unspecified atom stereocenters. The Bertz CT molecular complexity index is 1230. The van der Waals surface area contributed by atoms with E-state index in [1.54, 1.807) is 60.7 Å². The van der Waals surface area contributed by atoms with E-state index in [1.807, 2.05) is 13.0 Å². The minimum atomic E-state index is -3.89. The second kappa shape index (κ2) is 9.80. The van der Waals surface area contributed by atoms with Crippen molar-refractivity contribution in [2.75, 3.05) is 7.05 Å². The third-order valence-corrected chi connectivity index (χ3v) is 6.49. The second-order valence-corrected chi connectivity index (χ2v) is 9.19. The van der Waals surface area contributed by atoms with Gasteiger partial charge in [0.15, 0.2) is 5.84 Å². The number of aliphatic imine (C=N–C) groups is 1. The van der Waals surface area contributed by atoms with Crippen LogP contribution in [0.15, 0.2) is 88.8 Å². The van der Waals surface area contributed by atoms with Gasteiger partial charge in [0, 0.05) is 12.1 Å².